The predicted octanol–water partition coefficient (Wildman–Crippen LogP) is 1.50. The third-order valence-electron chi connectivity index (χ3n) is 2.83. The molecule has 1 aromatic carbocycles. The third kappa shape index (κ3) is 4.37. The van der Waals surface area contributed by atoms with Crippen molar-refractivity contribution in [2.45, 2.75) is 26.8 Å². The summed E-state index contributed by atoms with van der Waals surface area (Å²) >= 11 is 0. The van der Waals surface area contributed by atoms with Gasteiger partial charge in [0, 0.05) is 25.3 Å². The summed E-state index contributed by atoms with van der Waals surface area (Å²) in [5.74, 6) is 0.0709. The first-order valence-electron chi connectivity index (χ1n) is 6.51. The van der Waals surface area contributed by atoms with Crippen LogP contribution in [-0.4, -0.2) is 25.5 Å². The van der Waals surface area contributed by atoms with Crippen molar-refractivity contribution in [2.24, 2.45) is 5.73 Å². The number of amides is 1. The summed E-state index contributed by atoms with van der Waals surface area (Å²) in [6.07, 6.45) is 0.961. The Morgan fingerprint density at radius 2 is 1.94 bits per heavy atom. The summed E-state index contributed by atoms with van der Waals surface area (Å²) in [6, 6.07) is 8.03. The fraction of sp³-hybridized carbons (Fsp3) is 0.500. The van der Waals surface area contributed by atoms with Gasteiger partial charge in [-0.1, -0.05) is 19.1 Å². The summed E-state index contributed by atoms with van der Waals surface area (Å²) in [6.45, 7) is 6.58. The van der Waals surface area contributed by atoms with Gasteiger partial charge in [-0.05, 0) is 31.0 Å². The predicted molar refractivity (Wildman–Crippen MR) is 75.5 cm³/mol. The van der Waals surface area contributed by atoms with Crippen LogP contribution in [0.1, 0.15) is 25.8 Å². The second-order valence-electron chi connectivity index (χ2n) is 4.23. The zero-order chi connectivity index (χ0) is 13.4. The Balaban J connectivity index is 2.61. The first-order chi connectivity index (χ1) is 8.71. The molecule has 0 radical (unpaired) electrons. The Hall–Kier alpha value is -1.55. The minimum atomic E-state index is 0.0709. The van der Waals surface area contributed by atoms with Crippen molar-refractivity contribution < 1.29 is 4.79 Å². The Labute approximate surface area is 109 Å². The number of carbonyl (C=O) groups excluding carboxylic acids is 1. The smallest absolute Gasteiger partial charge is 0.239 e. The zero-order valence-electron chi connectivity index (χ0n) is 11.3. The Morgan fingerprint density at radius 1 is 1.28 bits per heavy atom. The highest BCUT2D eigenvalue weighted by Crippen LogP contribution is 2.14. The van der Waals surface area contributed by atoms with E-state index >= 15 is 0 Å². The van der Waals surface area contributed by atoms with Crippen molar-refractivity contribution in [3.8, 4) is 0 Å². The van der Waals surface area contributed by atoms with Gasteiger partial charge in [-0.3, -0.25) is 4.79 Å². The molecular formula is C14H23N3O. The second-order valence-corrected chi connectivity index (χ2v) is 4.23. The SMILES string of the molecule is CCCNC(=O)CN(CC)c1ccc(CN)cc1. The second kappa shape index (κ2) is 7.71. The maximum absolute atomic E-state index is 11.7. The van der Waals surface area contributed by atoms with E-state index in [4.69, 9.17) is 5.73 Å². The monoisotopic (exact) mass is 249 g/mol. The number of rotatable bonds is 7. The van der Waals surface area contributed by atoms with Crippen LogP contribution in [0, 0.1) is 0 Å². The van der Waals surface area contributed by atoms with Crippen LogP contribution in [0.5, 0.6) is 0 Å². The average molecular weight is 249 g/mol. The maximum atomic E-state index is 11.7. The van der Waals surface area contributed by atoms with Crippen LogP contribution in [0.4, 0.5) is 5.69 Å². The third-order valence-corrected chi connectivity index (χ3v) is 2.83. The van der Waals surface area contributed by atoms with Crippen molar-refractivity contribution in [3.63, 3.8) is 0 Å². The van der Waals surface area contributed by atoms with Gasteiger partial charge < -0.3 is 16.0 Å². The van der Waals surface area contributed by atoms with E-state index < -0.39 is 0 Å². The van der Waals surface area contributed by atoms with Crippen LogP contribution in [0.3, 0.4) is 0 Å². The van der Waals surface area contributed by atoms with Crippen LogP contribution in [0.2, 0.25) is 0 Å². The maximum Gasteiger partial charge on any atom is 0.239 e. The van der Waals surface area contributed by atoms with Gasteiger partial charge in [0.1, 0.15) is 0 Å². The van der Waals surface area contributed by atoms with Gasteiger partial charge in [0.25, 0.3) is 0 Å². The molecule has 0 saturated carbocycles. The lowest BCUT2D eigenvalue weighted by atomic mass is 10.2. The van der Waals surface area contributed by atoms with Crippen molar-refractivity contribution >= 4 is 11.6 Å². The lowest BCUT2D eigenvalue weighted by molar-refractivity contribution is -0.119. The number of benzene rings is 1. The van der Waals surface area contributed by atoms with Crippen molar-refractivity contribution in [1.82, 2.24) is 5.32 Å². The molecule has 1 aromatic rings. The number of nitrogens with zero attached hydrogens (tertiary/aromatic N) is 1. The van der Waals surface area contributed by atoms with Crippen LogP contribution < -0.4 is 16.0 Å². The van der Waals surface area contributed by atoms with E-state index in [-0.39, 0.29) is 5.91 Å². The first-order valence-corrected chi connectivity index (χ1v) is 6.51. The van der Waals surface area contributed by atoms with Gasteiger partial charge in [0.2, 0.25) is 5.91 Å². The lowest BCUT2D eigenvalue weighted by Gasteiger charge is -2.22. The molecule has 1 rings (SSSR count). The van der Waals surface area contributed by atoms with Gasteiger partial charge >= 0.3 is 0 Å². The first kappa shape index (κ1) is 14.5. The summed E-state index contributed by atoms with van der Waals surface area (Å²) in [5.41, 5.74) is 7.73. The Kier molecular flexibility index (Phi) is 6.22. The van der Waals surface area contributed by atoms with E-state index in [1.807, 2.05) is 43.0 Å². The Bertz CT molecular complexity index is 362. The highest BCUT2D eigenvalue weighted by atomic mass is 16.2. The normalized spacial score (nSPS) is 10.2. The fourth-order valence-electron chi connectivity index (χ4n) is 1.72. The number of hydrogen-bond donors (Lipinski definition) is 2. The van der Waals surface area contributed by atoms with Crippen LogP contribution >= 0.6 is 0 Å². The van der Waals surface area contributed by atoms with E-state index in [1.165, 1.54) is 0 Å². The van der Waals surface area contributed by atoms with E-state index in [1.54, 1.807) is 0 Å². The number of nitrogens with one attached hydrogen (secondary N) is 1. The summed E-state index contributed by atoms with van der Waals surface area (Å²) in [4.78, 5) is 13.7. The molecule has 0 aromatic heterocycles. The molecule has 0 saturated heterocycles. The highest BCUT2D eigenvalue weighted by molar-refractivity contribution is 5.81. The van der Waals surface area contributed by atoms with Crippen LogP contribution in [-0.2, 0) is 11.3 Å². The van der Waals surface area contributed by atoms with Crippen molar-refractivity contribution in [1.29, 1.82) is 0 Å². The van der Waals surface area contributed by atoms with Gasteiger partial charge in [0.15, 0.2) is 0 Å². The van der Waals surface area contributed by atoms with Crippen molar-refractivity contribution in [2.75, 3.05) is 24.5 Å². The Morgan fingerprint density at radius 3 is 2.44 bits per heavy atom. The largest absolute Gasteiger partial charge is 0.363 e. The molecule has 4 heteroatoms. The lowest BCUT2D eigenvalue weighted by Crippen LogP contribution is -2.37. The fourth-order valence-corrected chi connectivity index (χ4v) is 1.72. The number of carbonyl (C=O) groups is 1. The molecule has 0 fully saturated rings. The topological polar surface area (TPSA) is 58.4 Å². The molecule has 100 valence electrons. The number of likely N-dealkylation sites (N-methyl/N-ethyl adjacent to an activating group) is 1. The molecule has 0 heterocycles. The molecule has 3 N–H and O–H groups in total. The van der Waals surface area contributed by atoms with E-state index in [2.05, 4.69) is 5.32 Å². The van der Waals surface area contributed by atoms with Gasteiger partial charge in [-0.15, -0.1) is 0 Å². The molecule has 0 aliphatic carbocycles. The number of nitrogens with two attached hydrogens (primary N) is 1. The highest BCUT2D eigenvalue weighted by Gasteiger charge is 2.09. The molecular weight excluding hydrogens is 226 g/mol. The van der Waals surface area contributed by atoms with Gasteiger partial charge in [-0.25, -0.2) is 0 Å². The van der Waals surface area contributed by atoms with Gasteiger partial charge in [0.05, 0.1) is 6.54 Å². The molecule has 0 aliphatic rings. The van der Waals surface area contributed by atoms with E-state index in [0.717, 1.165) is 30.8 Å². The molecule has 1 amide bonds. The van der Waals surface area contributed by atoms with Gasteiger partial charge in [-0.2, -0.15) is 0 Å². The van der Waals surface area contributed by atoms with Crippen molar-refractivity contribution in [3.05, 3.63) is 29.8 Å². The van der Waals surface area contributed by atoms with E-state index in [0.29, 0.717) is 13.1 Å². The molecule has 0 unspecified atom stereocenters. The summed E-state index contributed by atoms with van der Waals surface area (Å²) in [5, 5.41) is 2.89. The number of anilines is 1. The standard InChI is InChI=1S/C14H23N3O/c1-3-9-16-14(18)11-17(4-2)13-7-5-12(10-15)6-8-13/h5-8H,3-4,9-11,15H2,1-2H3,(H,16,18). The molecule has 0 aliphatic heterocycles. The molecule has 0 bridgehead atoms. The average Bonchev–Trinajstić information content (AvgIpc) is 2.42. The summed E-state index contributed by atoms with van der Waals surface area (Å²) in [7, 11) is 0. The van der Waals surface area contributed by atoms with Crippen LogP contribution in [0.25, 0.3) is 0 Å². The molecule has 18 heavy (non-hydrogen) atoms. The number of hydrogen-bond acceptors (Lipinski definition) is 3. The minimum absolute atomic E-state index is 0.0709. The minimum Gasteiger partial charge on any atom is -0.363 e. The van der Waals surface area contributed by atoms with Crippen LogP contribution in [0.15, 0.2) is 24.3 Å². The zero-order valence-corrected chi connectivity index (χ0v) is 11.3. The van der Waals surface area contributed by atoms with E-state index in [9.17, 15) is 4.79 Å². The summed E-state index contributed by atoms with van der Waals surface area (Å²) < 4.78 is 0. The molecule has 0 spiro atoms. The molecule has 0 atom stereocenters. The molecule has 4 nitrogen and oxygen atoms in total. The quantitative estimate of drug-likeness (QED) is 0.770.